The summed E-state index contributed by atoms with van der Waals surface area (Å²) < 4.78 is 20.8. The number of carbonyl (C=O) groups excluding carboxylic acids is 1. The van der Waals surface area contributed by atoms with E-state index >= 15 is 0 Å². The molecule has 1 aromatic carbocycles. The third-order valence-electron chi connectivity index (χ3n) is 3.52. The van der Waals surface area contributed by atoms with Gasteiger partial charge in [0.15, 0.2) is 5.82 Å². The number of aryl methyl sites for hydroxylation is 2. The molecule has 0 radical (unpaired) electrons. The summed E-state index contributed by atoms with van der Waals surface area (Å²) in [6, 6.07) is 5.08. The average Bonchev–Trinajstić information content (AvgIpc) is 2.95. The minimum absolute atomic E-state index is 0.0679. The largest absolute Gasteiger partial charge is 0.464 e. The second kappa shape index (κ2) is 5.22. The van der Waals surface area contributed by atoms with Crippen LogP contribution in [-0.4, -0.2) is 27.8 Å². The molecule has 0 amide bonds. The molecule has 2 heterocycles. The van der Waals surface area contributed by atoms with E-state index in [-0.39, 0.29) is 11.2 Å². The minimum atomic E-state index is -0.604. The van der Waals surface area contributed by atoms with E-state index < -0.39 is 11.8 Å². The van der Waals surface area contributed by atoms with Crippen molar-refractivity contribution >= 4 is 16.9 Å². The Bertz CT molecular complexity index is 886. The van der Waals surface area contributed by atoms with E-state index in [2.05, 4.69) is 10.1 Å². The quantitative estimate of drug-likeness (QED) is 0.683. The van der Waals surface area contributed by atoms with Gasteiger partial charge < -0.3 is 4.74 Å². The first kappa shape index (κ1) is 14.2. The lowest BCUT2D eigenvalue weighted by atomic mass is 10.0. The lowest BCUT2D eigenvalue weighted by Crippen LogP contribution is -2.06. The molecule has 5 nitrogen and oxygen atoms in total. The average molecular weight is 299 g/mol. The number of aromatic nitrogens is 3. The van der Waals surface area contributed by atoms with Crippen molar-refractivity contribution < 1.29 is 13.9 Å². The molecule has 3 aromatic rings. The zero-order chi connectivity index (χ0) is 15.9. The first-order chi connectivity index (χ1) is 10.5. The summed E-state index contributed by atoms with van der Waals surface area (Å²) in [5.74, 6) is -1.04. The Hall–Kier alpha value is -2.76. The number of halogens is 1. The van der Waals surface area contributed by atoms with Gasteiger partial charge >= 0.3 is 5.97 Å². The van der Waals surface area contributed by atoms with Crippen LogP contribution in [0.1, 0.15) is 16.1 Å². The van der Waals surface area contributed by atoms with Gasteiger partial charge in [-0.2, -0.15) is 5.10 Å². The maximum Gasteiger partial charge on any atom is 0.356 e. The highest BCUT2D eigenvalue weighted by Gasteiger charge is 2.17. The summed E-state index contributed by atoms with van der Waals surface area (Å²) in [5.41, 5.74) is 2.17. The van der Waals surface area contributed by atoms with Gasteiger partial charge in [-0.3, -0.25) is 4.68 Å². The van der Waals surface area contributed by atoms with Gasteiger partial charge in [0.2, 0.25) is 0 Å². The Labute approximate surface area is 126 Å². The van der Waals surface area contributed by atoms with Crippen molar-refractivity contribution in [3.05, 3.63) is 47.7 Å². The number of nitrogens with zero attached hydrogens (tertiary/aromatic N) is 3. The molecule has 0 fully saturated rings. The fraction of sp³-hybridized carbons (Fsp3) is 0.188. The first-order valence-corrected chi connectivity index (χ1v) is 6.68. The van der Waals surface area contributed by atoms with Crippen LogP contribution in [0.5, 0.6) is 0 Å². The molecular weight excluding hydrogens is 285 g/mol. The SMILES string of the molecule is COC(=O)c1cc(-c2cnn(C)c2)c2ccc(C)c(F)c2n1. The standard InChI is InChI=1S/C16H14FN3O2/c1-9-4-5-11-12(10-7-18-20(2)8-10)6-13(16(21)22-3)19-15(11)14(9)17/h4-8H,1-3H3. The van der Waals surface area contributed by atoms with E-state index in [1.807, 2.05) is 0 Å². The van der Waals surface area contributed by atoms with Gasteiger partial charge in [0.25, 0.3) is 0 Å². The summed E-state index contributed by atoms with van der Waals surface area (Å²) in [7, 11) is 3.06. The Kier molecular flexibility index (Phi) is 3.36. The zero-order valence-corrected chi connectivity index (χ0v) is 12.4. The summed E-state index contributed by atoms with van der Waals surface area (Å²) in [6.07, 6.45) is 3.46. The summed E-state index contributed by atoms with van der Waals surface area (Å²) in [6.45, 7) is 1.66. The summed E-state index contributed by atoms with van der Waals surface area (Å²) >= 11 is 0. The highest BCUT2D eigenvalue weighted by molar-refractivity contribution is 5.99. The maximum atomic E-state index is 14.4. The molecule has 0 aliphatic heterocycles. The van der Waals surface area contributed by atoms with Gasteiger partial charge in [-0.05, 0) is 24.1 Å². The monoisotopic (exact) mass is 299 g/mol. The van der Waals surface area contributed by atoms with Gasteiger partial charge in [0, 0.05) is 24.2 Å². The number of carbonyl (C=O) groups is 1. The van der Waals surface area contributed by atoms with Gasteiger partial charge in [-0.1, -0.05) is 12.1 Å². The Morgan fingerprint density at radius 1 is 1.36 bits per heavy atom. The lowest BCUT2D eigenvalue weighted by Gasteiger charge is -2.09. The predicted octanol–water partition coefficient (Wildman–Crippen LogP) is 2.87. The molecule has 6 heteroatoms. The number of hydrogen-bond acceptors (Lipinski definition) is 4. The second-order valence-corrected chi connectivity index (χ2v) is 5.04. The van der Waals surface area contributed by atoms with Gasteiger partial charge in [-0.25, -0.2) is 14.2 Å². The molecule has 0 N–H and O–H groups in total. The fourth-order valence-electron chi connectivity index (χ4n) is 2.37. The number of ether oxygens (including phenoxy) is 1. The van der Waals surface area contributed by atoms with E-state index in [4.69, 9.17) is 4.74 Å². The molecular formula is C16H14FN3O2. The van der Waals surface area contributed by atoms with Crippen molar-refractivity contribution in [2.75, 3.05) is 7.11 Å². The fourth-order valence-corrected chi connectivity index (χ4v) is 2.37. The topological polar surface area (TPSA) is 57.0 Å². The Morgan fingerprint density at radius 3 is 2.77 bits per heavy atom. The van der Waals surface area contributed by atoms with Crippen molar-refractivity contribution in [3.8, 4) is 11.1 Å². The molecule has 0 aliphatic rings. The Morgan fingerprint density at radius 2 is 2.14 bits per heavy atom. The smallest absolute Gasteiger partial charge is 0.356 e. The van der Waals surface area contributed by atoms with Gasteiger partial charge in [0.05, 0.1) is 13.3 Å². The Balaban J connectivity index is 2.38. The van der Waals surface area contributed by atoms with Crippen LogP contribution in [0.15, 0.2) is 30.6 Å². The van der Waals surface area contributed by atoms with Crippen LogP contribution in [0.25, 0.3) is 22.0 Å². The summed E-state index contributed by atoms with van der Waals surface area (Å²) in [5, 5.41) is 4.75. The molecule has 2 aromatic heterocycles. The second-order valence-electron chi connectivity index (χ2n) is 5.04. The highest BCUT2D eigenvalue weighted by Crippen LogP contribution is 2.30. The van der Waals surface area contributed by atoms with Crippen LogP contribution < -0.4 is 0 Å². The number of esters is 1. The van der Waals surface area contributed by atoms with Crippen LogP contribution in [0.3, 0.4) is 0 Å². The lowest BCUT2D eigenvalue weighted by molar-refractivity contribution is 0.0594. The number of benzene rings is 1. The molecule has 22 heavy (non-hydrogen) atoms. The van der Waals surface area contributed by atoms with E-state index in [1.165, 1.54) is 7.11 Å². The first-order valence-electron chi connectivity index (χ1n) is 6.68. The normalized spacial score (nSPS) is 10.9. The van der Waals surface area contributed by atoms with Crippen LogP contribution in [-0.2, 0) is 11.8 Å². The van der Waals surface area contributed by atoms with Crippen molar-refractivity contribution in [2.45, 2.75) is 6.92 Å². The number of rotatable bonds is 2. The molecule has 3 rings (SSSR count). The molecule has 0 bridgehead atoms. The zero-order valence-electron chi connectivity index (χ0n) is 12.4. The number of methoxy groups -OCH3 is 1. The predicted molar refractivity (Wildman–Crippen MR) is 80.0 cm³/mol. The van der Waals surface area contributed by atoms with Crippen molar-refractivity contribution in [3.63, 3.8) is 0 Å². The van der Waals surface area contributed by atoms with E-state index in [0.717, 1.165) is 5.56 Å². The third-order valence-corrected chi connectivity index (χ3v) is 3.52. The number of pyridine rings is 1. The molecule has 0 saturated heterocycles. The highest BCUT2D eigenvalue weighted by atomic mass is 19.1. The van der Waals surface area contributed by atoms with Crippen LogP contribution in [0, 0.1) is 12.7 Å². The molecule has 0 saturated carbocycles. The molecule has 0 atom stereocenters. The molecule has 0 unspecified atom stereocenters. The minimum Gasteiger partial charge on any atom is -0.464 e. The third kappa shape index (κ3) is 2.22. The van der Waals surface area contributed by atoms with E-state index in [0.29, 0.717) is 16.5 Å². The van der Waals surface area contributed by atoms with Gasteiger partial charge in [-0.15, -0.1) is 0 Å². The van der Waals surface area contributed by atoms with Crippen LogP contribution in [0.4, 0.5) is 4.39 Å². The molecule has 0 aliphatic carbocycles. The summed E-state index contributed by atoms with van der Waals surface area (Å²) in [4.78, 5) is 15.9. The number of fused-ring (bicyclic) bond motifs is 1. The molecule has 112 valence electrons. The maximum absolute atomic E-state index is 14.4. The van der Waals surface area contributed by atoms with Crippen molar-refractivity contribution in [1.29, 1.82) is 0 Å². The van der Waals surface area contributed by atoms with Gasteiger partial charge in [0.1, 0.15) is 11.2 Å². The van der Waals surface area contributed by atoms with Crippen LogP contribution in [0.2, 0.25) is 0 Å². The van der Waals surface area contributed by atoms with E-state index in [9.17, 15) is 9.18 Å². The number of hydrogen-bond donors (Lipinski definition) is 0. The molecule has 0 spiro atoms. The van der Waals surface area contributed by atoms with Crippen LogP contribution >= 0.6 is 0 Å². The van der Waals surface area contributed by atoms with Crippen molar-refractivity contribution in [1.82, 2.24) is 14.8 Å². The van der Waals surface area contributed by atoms with E-state index in [1.54, 1.807) is 49.2 Å². The van der Waals surface area contributed by atoms with Crippen molar-refractivity contribution in [2.24, 2.45) is 7.05 Å².